The zero-order valence-corrected chi connectivity index (χ0v) is 6.59. The number of hydrogen-bond donors (Lipinski definition) is 0. The molecule has 0 aromatic rings. The molecule has 0 nitrogen and oxygen atoms in total. The molecule has 0 radical (unpaired) electrons. The third-order valence-electron chi connectivity index (χ3n) is 2.55. The summed E-state index contributed by atoms with van der Waals surface area (Å²) in [5.41, 5.74) is 4.44. The van der Waals surface area contributed by atoms with Gasteiger partial charge in [0.2, 0.25) is 0 Å². The van der Waals surface area contributed by atoms with Gasteiger partial charge >= 0.3 is 0 Å². The molecule has 0 spiro atoms. The van der Waals surface area contributed by atoms with Crippen LogP contribution < -0.4 is 0 Å². The van der Waals surface area contributed by atoms with E-state index in [9.17, 15) is 0 Å². The highest BCUT2D eigenvalue weighted by atomic mass is 14.3. The molecular formula is C11H12. The molecule has 2 rings (SSSR count). The van der Waals surface area contributed by atoms with Crippen LogP contribution in [0.2, 0.25) is 0 Å². The van der Waals surface area contributed by atoms with Gasteiger partial charge in [0.1, 0.15) is 0 Å². The minimum atomic E-state index is 0.632. The number of rotatable bonds is 0. The molecule has 0 aromatic carbocycles. The predicted octanol–water partition coefficient (Wildman–Crippen LogP) is 2.85. The molecular weight excluding hydrogens is 132 g/mol. The Morgan fingerprint density at radius 1 is 1.36 bits per heavy atom. The Balaban J connectivity index is 2.34. The van der Waals surface area contributed by atoms with E-state index in [0.29, 0.717) is 5.92 Å². The van der Waals surface area contributed by atoms with Crippen molar-refractivity contribution >= 4 is 0 Å². The van der Waals surface area contributed by atoms with Gasteiger partial charge in [-0.05, 0) is 24.3 Å². The fourth-order valence-electron chi connectivity index (χ4n) is 1.95. The lowest BCUT2D eigenvalue weighted by molar-refractivity contribution is 0.651. The van der Waals surface area contributed by atoms with E-state index in [1.807, 2.05) is 0 Å². The van der Waals surface area contributed by atoms with Crippen LogP contribution in [-0.4, -0.2) is 0 Å². The van der Waals surface area contributed by atoms with Crippen molar-refractivity contribution in [1.29, 1.82) is 0 Å². The smallest absolute Gasteiger partial charge is 0.00615 e. The Bertz CT molecular complexity index is 262. The second kappa shape index (κ2) is 2.56. The summed E-state index contributed by atoms with van der Waals surface area (Å²) in [6.45, 7) is 3.71. The molecule has 0 unspecified atom stereocenters. The Morgan fingerprint density at radius 3 is 3.00 bits per heavy atom. The first kappa shape index (κ1) is 6.69. The van der Waals surface area contributed by atoms with Gasteiger partial charge in [-0.2, -0.15) is 0 Å². The summed E-state index contributed by atoms with van der Waals surface area (Å²) >= 11 is 0. The van der Waals surface area contributed by atoms with Gasteiger partial charge in [-0.25, -0.2) is 0 Å². The molecule has 1 fully saturated rings. The molecule has 0 heterocycles. The molecule has 56 valence electrons. The summed E-state index contributed by atoms with van der Waals surface area (Å²) in [7, 11) is 0. The molecule has 2 aliphatic carbocycles. The largest absolute Gasteiger partial charge is 0.129 e. The highest BCUT2D eigenvalue weighted by Crippen LogP contribution is 2.38. The summed E-state index contributed by atoms with van der Waals surface area (Å²) in [5, 5.41) is 0. The van der Waals surface area contributed by atoms with Crippen molar-refractivity contribution in [2.24, 2.45) is 11.8 Å². The molecule has 2 atom stereocenters. The van der Waals surface area contributed by atoms with Crippen LogP contribution in [0, 0.1) is 11.8 Å². The van der Waals surface area contributed by atoms with E-state index in [1.165, 1.54) is 18.4 Å². The third-order valence-corrected chi connectivity index (χ3v) is 2.55. The predicted molar refractivity (Wildman–Crippen MR) is 47.1 cm³/mol. The number of fused-ring (bicyclic) bond motifs is 2. The van der Waals surface area contributed by atoms with Gasteiger partial charge in [-0.15, -0.1) is 5.73 Å². The molecule has 0 saturated heterocycles. The van der Waals surface area contributed by atoms with Crippen molar-refractivity contribution in [3.63, 3.8) is 0 Å². The molecule has 0 N–H and O–H groups in total. The first-order valence-corrected chi connectivity index (χ1v) is 4.14. The zero-order chi connectivity index (χ0) is 7.68. The SMILES string of the molecule is C=C=C1C[C@H]2C=CC=C[C@@H]1C2. The third kappa shape index (κ3) is 1.10. The summed E-state index contributed by atoms with van der Waals surface area (Å²) in [6, 6.07) is 0. The maximum Gasteiger partial charge on any atom is 0.00615 e. The van der Waals surface area contributed by atoms with Gasteiger partial charge in [0.15, 0.2) is 0 Å². The maximum absolute atomic E-state index is 3.71. The molecule has 11 heavy (non-hydrogen) atoms. The van der Waals surface area contributed by atoms with Crippen molar-refractivity contribution < 1.29 is 0 Å². The maximum atomic E-state index is 3.71. The van der Waals surface area contributed by atoms with Crippen LogP contribution in [0.4, 0.5) is 0 Å². The van der Waals surface area contributed by atoms with Gasteiger partial charge in [0.05, 0.1) is 0 Å². The normalized spacial score (nSPS) is 33.6. The average Bonchev–Trinajstić information content (AvgIpc) is 2.22. The first-order valence-electron chi connectivity index (χ1n) is 4.14. The molecule has 2 aliphatic rings. The highest BCUT2D eigenvalue weighted by molar-refractivity contribution is 5.25. The monoisotopic (exact) mass is 144 g/mol. The van der Waals surface area contributed by atoms with E-state index >= 15 is 0 Å². The van der Waals surface area contributed by atoms with Crippen molar-refractivity contribution in [3.05, 3.63) is 42.2 Å². The molecule has 0 aliphatic heterocycles. The Labute approximate surface area is 67.6 Å². The molecule has 1 saturated carbocycles. The van der Waals surface area contributed by atoms with E-state index in [-0.39, 0.29) is 0 Å². The Hall–Kier alpha value is -1.00. The van der Waals surface area contributed by atoms with Crippen LogP contribution in [0.15, 0.2) is 42.2 Å². The second-order valence-electron chi connectivity index (χ2n) is 3.28. The quantitative estimate of drug-likeness (QED) is 0.458. The standard InChI is InChI=1S/C11H12/c1-2-10-7-9-5-3-4-6-11(10)8-9/h3-6,9,11H,1,7-8H2/t9-,11-/m1/s1. The lowest BCUT2D eigenvalue weighted by atomic mass is 10.0. The van der Waals surface area contributed by atoms with Crippen molar-refractivity contribution in [3.8, 4) is 0 Å². The Kier molecular flexibility index (Phi) is 1.56. The lowest BCUT2D eigenvalue weighted by Gasteiger charge is -2.00. The van der Waals surface area contributed by atoms with Crippen LogP contribution in [0.25, 0.3) is 0 Å². The van der Waals surface area contributed by atoms with Crippen LogP contribution in [0.1, 0.15) is 12.8 Å². The Morgan fingerprint density at radius 2 is 2.18 bits per heavy atom. The number of hydrogen-bond acceptors (Lipinski definition) is 0. The van der Waals surface area contributed by atoms with E-state index in [0.717, 1.165) is 5.92 Å². The van der Waals surface area contributed by atoms with Gasteiger partial charge in [-0.1, -0.05) is 30.9 Å². The molecule has 0 heteroatoms. The minimum absolute atomic E-state index is 0.632. The van der Waals surface area contributed by atoms with Crippen molar-refractivity contribution in [2.75, 3.05) is 0 Å². The van der Waals surface area contributed by atoms with Gasteiger partial charge < -0.3 is 0 Å². The zero-order valence-electron chi connectivity index (χ0n) is 6.59. The van der Waals surface area contributed by atoms with Crippen molar-refractivity contribution in [2.45, 2.75) is 12.8 Å². The fourth-order valence-corrected chi connectivity index (χ4v) is 1.95. The lowest BCUT2D eigenvalue weighted by Crippen LogP contribution is -1.89. The molecule has 0 aromatic heterocycles. The van der Waals surface area contributed by atoms with Crippen LogP contribution in [-0.2, 0) is 0 Å². The fraction of sp³-hybridized carbons (Fsp3) is 0.364. The second-order valence-corrected chi connectivity index (χ2v) is 3.28. The summed E-state index contributed by atoms with van der Waals surface area (Å²) < 4.78 is 0. The van der Waals surface area contributed by atoms with Crippen LogP contribution >= 0.6 is 0 Å². The van der Waals surface area contributed by atoms with E-state index in [4.69, 9.17) is 0 Å². The van der Waals surface area contributed by atoms with E-state index < -0.39 is 0 Å². The van der Waals surface area contributed by atoms with Crippen LogP contribution in [0.3, 0.4) is 0 Å². The summed E-state index contributed by atoms with van der Waals surface area (Å²) in [5.74, 6) is 1.38. The van der Waals surface area contributed by atoms with Gasteiger partial charge in [0, 0.05) is 5.92 Å². The first-order chi connectivity index (χ1) is 5.40. The topological polar surface area (TPSA) is 0 Å². The van der Waals surface area contributed by atoms with E-state index in [2.05, 4.69) is 36.6 Å². The van der Waals surface area contributed by atoms with Gasteiger partial charge in [-0.3, -0.25) is 0 Å². The van der Waals surface area contributed by atoms with Gasteiger partial charge in [0.25, 0.3) is 0 Å². The summed E-state index contributed by atoms with van der Waals surface area (Å²) in [6.07, 6.45) is 11.3. The molecule has 2 bridgehead atoms. The highest BCUT2D eigenvalue weighted by Gasteiger charge is 2.26. The molecule has 0 amide bonds. The number of allylic oxidation sites excluding steroid dienone is 5. The summed E-state index contributed by atoms with van der Waals surface area (Å²) in [4.78, 5) is 0. The van der Waals surface area contributed by atoms with E-state index in [1.54, 1.807) is 0 Å². The minimum Gasteiger partial charge on any atom is -0.129 e. The van der Waals surface area contributed by atoms with Crippen molar-refractivity contribution in [1.82, 2.24) is 0 Å². The average molecular weight is 144 g/mol. The van der Waals surface area contributed by atoms with Crippen LogP contribution in [0.5, 0.6) is 0 Å².